The van der Waals surface area contributed by atoms with Gasteiger partial charge in [0.05, 0.1) is 0 Å². The van der Waals surface area contributed by atoms with Gasteiger partial charge in [-0.15, -0.1) is 0 Å². The molecule has 19 heavy (non-hydrogen) atoms. The van der Waals surface area contributed by atoms with Crippen LogP contribution in [0.2, 0.25) is 0 Å². The summed E-state index contributed by atoms with van der Waals surface area (Å²) < 4.78 is 0. The highest BCUT2D eigenvalue weighted by atomic mass is 16.2. The zero-order valence-electron chi connectivity index (χ0n) is 11.6. The van der Waals surface area contributed by atoms with Crippen LogP contribution in [-0.2, 0) is 11.2 Å². The van der Waals surface area contributed by atoms with E-state index in [1.54, 1.807) is 4.90 Å². The number of carbonyl (C=O) groups excluding carboxylic acids is 1. The van der Waals surface area contributed by atoms with Gasteiger partial charge < -0.3 is 15.5 Å². The largest absolute Gasteiger partial charge is 0.370 e. The Morgan fingerprint density at radius 1 is 1.42 bits per heavy atom. The summed E-state index contributed by atoms with van der Waals surface area (Å²) in [6, 6.07) is 8.45. The van der Waals surface area contributed by atoms with E-state index in [0.717, 1.165) is 32.5 Å². The van der Waals surface area contributed by atoms with Crippen molar-refractivity contribution in [1.82, 2.24) is 4.90 Å². The lowest BCUT2D eigenvalue weighted by molar-refractivity contribution is -0.129. The lowest BCUT2D eigenvalue weighted by Gasteiger charge is -2.22. The quantitative estimate of drug-likeness (QED) is 0.838. The predicted octanol–water partition coefficient (Wildman–Crippen LogP) is 1.25. The number of anilines is 1. The molecule has 0 aromatic heterocycles. The average molecular weight is 261 g/mol. The Kier molecular flexibility index (Phi) is 4.80. The van der Waals surface area contributed by atoms with Crippen molar-refractivity contribution in [2.75, 3.05) is 38.1 Å². The molecule has 4 heteroatoms. The minimum absolute atomic E-state index is 0.206. The zero-order valence-corrected chi connectivity index (χ0v) is 11.6. The van der Waals surface area contributed by atoms with Crippen LogP contribution in [0.3, 0.4) is 0 Å². The van der Waals surface area contributed by atoms with Gasteiger partial charge in [0, 0.05) is 38.8 Å². The molecule has 1 aromatic carbocycles. The van der Waals surface area contributed by atoms with E-state index in [1.165, 1.54) is 11.3 Å². The summed E-state index contributed by atoms with van der Waals surface area (Å²) in [5.74, 6) is 0.206. The summed E-state index contributed by atoms with van der Waals surface area (Å²) in [5.41, 5.74) is 8.14. The summed E-state index contributed by atoms with van der Waals surface area (Å²) in [6.07, 6.45) is 2.54. The van der Waals surface area contributed by atoms with Gasteiger partial charge in [-0.25, -0.2) is 0 Å². The Morgan fingerprint density at radius 2 is 2.21 bits per heavy atom. The molecule has 0 saturated heterocycles. The second kappa shape index (κ2) is 6.57. The minimum Gasteiger partial charge on any atom is -0.370 e. The molecular formula is C15H23N3O. The first kappa shape index (κ1) is 13.9. The topological polar surface area (TPSA) is 49.6 Å². The molecule has 1 amide bonds. The lowest BCUT2D eigenvalue weighted by atomic mass is 10.2. The monoisotopic (exact) mass is 261 g/mol. The maximum absolute atomic E-state index is 12.0. The molecule has 0 saturated carbocycles. The smallest absolute Gasteiger partial charge is 0.224 e. The summed E-state index contributed by atoms with van der Waals surface area (Å²) in [6.45, 7) is 3.23. The standard InChI is InChI=1S/C15H23N3O/c1-17(10-4-9-16)15(19)8-12-18-11-7-13-5-2-3-6-14(13)18/h2-3,5-6H,4,7-12,16H2,1H3. The van der Waals surface area contributed by atoms with Gasteiger partial charge in [0.1, 0.15) is 0 Å². The zero-order chi connectivity index (χ0) is 13.7. The highest BCUT2D eigenvalue weighted by Crippen LogP contribution is 2.27. The Bertz CT molecular complexity index is 433. The van der Waals surface area contributed by atoms with Crippen molar-refractivity contribution in [3.05, 3.63) is 29.8 Å². The van der Waals surface area contributed by atoms with Gasteiger partial charge >= 0.3 is 0 Å². The summed E-state index contributed by atoms with van der Waals surface area (Å²) in [5, 5.41) is 0. The molecule has 1 heterocycles. The van der Waals surface area contributed by atoms with Gasteiger partial charge in [-0.2, -0.15) is 0 Å². The van der Waals surface area contributed by atoms with Crippen LogP contribution in [0, 0.1) is 0 Å². The van der Waals surface area contributed by atoms with Crippen molar-refractivity contribution in [2.45, 2.75) is 19.3 Å². The Morgan fingerprint density at radius 3 is 3.00 bits per heavy atom. The fourth-order valence-corrected chi connectivity index (χ4v) is 2.51. The molecule has 0 spiro atoms. The Balaban J connectivity index is 1.82. The first-order valence-corrected chi connectivity index (χ1v) is 6.99. The average Bonchev–Trinajstić information content (AvgIpc) is 2.85. The normalized spacial score (nSPS) is 13.5. The number of hydrogen-bond donors (Lipinski definition) is 1. The van der Waals surface area contributed by atoms with E-state index < -0.39 is 0 Å². The lowest BCUT2D eigenvalue weighted by Crippen LogP contribution is -2.32. The SMILES string of the molecule is CN(CCCN)C(=O)CCN1CCc2ccccc21. The number of benzene rings is 1. The molecule has 0 atom stereocenters. The summed E-state index contributed by atoms with van der Waals surface area (Å²) in [7, 11) is 1.86. The predicted molar refractivity (Wildman–Crippen MR) is 78.3 cm³/mol. The van der Waals surface area contributed by atoms with Crippen LogP contribution in [0.1, 0.15) is 18.4 Å². The van der Waals surface area contributed by atoms with Crippen molar-refractivity contribution in [3.63, 3.8) is 0 Å². The fraction of sp³-hybridized carbons (Fsp3) is 0.533. The van der Waals surface area contributed by atoms with Crippen LogP contribution in [0.25, 0.3) is 0 Å². The molecule has 0 unspecified atom stereocenters. The van der Waals surface area contributed by atoms with E-state index in [0.29, 0.717) is 13.0 Å². The number of rotatable bonds is 6. The Hall–Kier alpha value is -1.55. The number of para-hydroxylation sites is 1. The van der Waals surface area contributed by atoms with E-state index in [2.05, 4.69) is 29.2 Å². The van der Waals surface area contributed by atoms with Crippen LogP contribution in [0.4, 0.5) is 5.69 Å². The molecule has 0 radical (unpaired) electrons. The van der Waals surface area contributed by atoms with Gasteiger partial charge in [-0.1, -0.05) is 18.2 Å². The molecule has 104 valence electrons. The number of fused-ring (bicyclic) bond motifs is 1. The molecular weight excluding hydrogens is 238 g/mol. The first-order valence-electron chi connectivity index (χ1n) is 6.99. The second-order valence-electron chi connectivity index (χ2n) is 5.07. The summed E-state index contributed by atoms with van der Waals surface area (Å²) >= 11 is 0. The maximum Gasteiger partial charge on any atom is 0.224 e. The number of nitrogens with zero attached hydrogens (tertiary/aromatic N) is 2. The van der Waals surface area contributed by atoms with Gasteiger partial charge in [0.15, 0.2) is 0 Å². The van der Waals surface area contributed by atoms with E-state index in [-0.39, 0.29) is 5.91 Å². The number of carbonyl (C=O) groups is 1. The van der Waals surface area contributed by atoms with Crippen LogP contribution < -0.4 is 10.6 Å². The van der Waals surface area contributed by atoms with E-state index in [9.17, 15) is 4.79 Å². The molecule has 1 aliphatic heterocycles. The van der Waals surface area contributed by atoms with Crippen LogP contribution in [-0.4, -0.2) is 44.0 Å². The van der Waals surface area contributed by atoms with E-state index in [1.807, 2.05) is 7.05 Å². The van der Waals surface area contributed by atoms with Crippen LogP contribution in [0.5, 0.6) is 0 Å². The van der Waals surface area contributed by atoms with Crippen molar-refractivity contribution in [1.29, 1.82) is 0 Å². The number of nitrogens with two attached hydrogens (primary N) is 1. The van der Waals surface area contributed by atoms with Crippen LogP contribution in [0.15, 0.2) is 24.3 Å². The van der Waals surface area contributed by atoms with Crippen molar-refractivity contribution >= 4 is 11.6 Å². The van der Waals surface area contributed by atoms with Gasteiger partial charge in [-0.05, 0) is 31.0 Å². The molecule has 1 aliphatic rings. The molecule has 2 N–H and O–H groups in total. The van der Waals surface area contributed by atoms with Gasteiger partial charge in [0.2, 0.25) is 5.91 Å². The third-order valence-corrected chi connectivity index (χ3v) is 3.70. The molecule has 0 fully saturated rings. The Labute approximate surface area is 115 Å². The third-order valence-electron chi connectivity index (χ3n) is 3.70. The summed E-state index contributed by atoms with van der Waals surface area (Å²) in [4.78, 5) is 16.1. The van der Waals surface area contributed by atoms with Gasteiger partial charge in [-0.3, -0.25) is 4.79 Å². The molecule has 1 aromatic rings. The van der Waals surface area contributed by atoms with Gasteiger partial charge in [0.25, 0.3) is 0 Å². The van der Waals surface area contributed by atoms with Crippen molar-refractivity contribution < 1.29 is 4.79 Å². The van der Waals surface area contributed by atoms with E-state index in [4.69, 9.17) is 5.73 Å². The molecule has 2 rings (SSSR count). The highest BCUT2D eigenvalue weighted by Gasteiger charge is 2.19. The van der Waals surface area contributed by atoms with Crippen molar-refractivity contribution in [2.24, 2.45) is 5.73 Å². The van der Waals surface area contributed by atoms with Crippen molar-refractivity contribution in [3.8, 4) is 0 Å². The molecule has 4 nitrogen and oxygen atoms in total. The number of hydrogen-bond acceptors (Lipinski definition) is 3. The van der Waals surface area contributed by atoms with E-state index >= 15 is 0 Å². The maximum atomic E-state index is 12.0. The fourth-order valence-electron chi connectivity index (χ4n) is 2.51. The van der Waals surface area contributed by atoms with Crippen LogP contribution >= 0.6 is 0 Å². The minimum atomic E-state index is 0.206. The second-order valence-corrected chi connectivity index (χ2v) is 5.07. The molecule has 0 aliphatic carbocycles. The highest BCUT2D eigenvalue weighted by molar-refractivity contribution is 5.76. The molecule has 0 bridgehead atoms. The third kappa shape index (κ3) is 3.47. The first-order chi connectivity index (χ1) is 9.22. The number of amides is 1.